The predicted octanol–water partition coefficient (Wildman–Crippen LogP) is 4.70. The Bertz CT molecular complexity index is 1240. The molecule has 1 unspecified atom stereocenters. The Labute approximate surface area is 172 Å². The fourth-order valence-electron chi connectivity index (χ4n) is 2.82. The van der Waals surface area contributed by atoms with E-state index in [0.29, 0.717) is 10.5 Å². The van der Waals surface area contributed by atoms with Crippen LogP contribution >= 0.6 is 0 Å². The van der Waals surface area contributed by atoms with Gasteiger partial charge in [0.15, 0.2) is 0 Å². The van der Waals surface area contributed by atoms with E-state index in [0.717, 1.165) is 16.7 Å². The van der Waals surface area contributed by atoms with Crippen molar-refractivity contribution in [1.82, 2.24) is 4.98 Å². The molecule has 2 aromatic carbocycles. The number of rotatable bonds is 2. The van der Waals surface area contributed by atoms with Gasteiger partial charge in [0.1, 0.15) is 0 Å². The first-order valence-corrected chi connectivity index (χ1v) is 11.0. The predicted molar refractivity (Wildman–Crippen MR) is 116 cm³/mol. The van der Waals surface area contributed by atoms with Gasteiger partial charge in [-0.1, -0.05) is 35.6 Å². The van der Waals surface area contributed by atoms with E-state index >= 15 is 0 Å². The molecule has 0 aliphatic heterocycles. The average molecular weight is 403 g/mol. The Kier molecular flexibility index (Phi) is 5.95. The van der Waals surface area contributed by atoms with Crippen molar-refractivity contribution in [3.8, 4) is 11.8 Å². The van der Waals surface area contributed by atoms with E-state index in [-0.39, 0.29) is 5.56 Å². The number of carbonyl (C=O) groups excluding carboxylic acids is 1. The summed E-state index contributed by atoms with van der Waals surface area (Å²) < 4.78 is 17.1. The van der Waals surface area contributed by atoms with Gasteiger partial charge < -0.3 is 0 Å². The third-order valence-electron chi connectivity index (χ3n) is 4.28. The second kappa shape index (κ2) is 8.42. The Balaban J connectivity index is 1.90. The maximum absolute atomic E-state index is 13.1. The van der Waals surface area contributed by atoms with Crippen LogP contribution in [0.5, 0.6) is 0 Å². The van der Waals surface area contributed by atoms with Gasteiger partial charge in [0, 0.05) is 34.7 Å². The molecule has 4 nitrogen and oxygen atoms in total. The molecule has 3 rings (SSSR count). The number of aryl methyl sites for hydroxylation is 3. The van der Waals surface area contributed by atoms with E-state index in [1.807, 2.05) is 51.1 Å². The molecule has 0 fully saturated rings. The Hall–Kier alpha value is -3.23. The van der Waals surface area contributed by atoms with Crippen LogP contribution in [0.1, 0.15) is 38.2 Å². The molecule has 3 aromatic rings. The Morgan fingerprint density at radius 1 is 0.862 bits per heavy atom. The lowest BCUT2D eigenvalue weighted by Crippen LogP contribution is -2.05. The van der Waals surface area contributed by atoms with Crippen molar-refractivity contribution >= 4 is 15.6 Å². The van der Waals surface area contributed by atoms with Crippen molar-refractivity contribution < 1.29 is 9.00 Å². The van der Waals surface area contributed by atoms with Gasteiger partial charge in [-0.05, 0) is 62.2 Å². The summed E-state index contributed by atoms with van der Waals surface area (Å²) in [4.78, 5) is 17.3. The molecule has 0 saturated carbocycles. The van der Waals surface area contributed by atoms with Gasteiger partial charge in [-0.3, -0.25) is 9.78 Å². The summed E-state index contributed by atoms with van der Waals surface area (Å²) in [6, 6.07) is 15.1. The van der Waals surface area contributed by atoms with Crippen LogP contribution in [0.2, 0.25) is 0 Å². The summed E-state index contributed by atoms with van der Waals surface area (Å²) in [6.45, 7) is 5.87. The van der Waals surface area contributed by atoms with Crippen LogP contribution in [-0.2, 0) is 9.73 Å². The van der Waals surface area contributed by atoms with Crippen molar-refractivity contribution in [3.05, 3.63) is 94.3 Å². The number of amides is 1. The van der Waals surface area contributed by atoms with E-state index in [2.05, 4.69) is 21.2 Å². The van der Waals surface area contributed by atoms with Gasteiger partial charge in [-0.25, -0.2) is 4.21 Å². The van der Waals surface area contributed by atoms with Crippen molar-refractivity contribution in [2.75, 3.05) is 6.26 Å². The maximum atomic E-state index is 13.1. The minimum Gasteiger partial charge on any atom is -0.266 e. The SMILES string of the molecule is Cc1ccc(C#Cc2cncc(C(=O)N=S(C)(=O)c3cc(C)cc(C)c3)c2)cc1. The Morgan fingerprint density at radius 3 is 2.14 bits per heavy atom. The summed E-state index contributed by atoms with van der Waals surface area (Å²) in [5, 5.41) is 0. The molecule has 1 aromatic heterocycles. The number of hydrogen-bond acceptors (Lipinski definition) is 3. The number of benzene rings is 2. The average Bonchev–Trinajstić information content (AvgIpc) is 2.67. The zero-order chi connectivity index (χ0) is 21.0. The van der Waals surface area contributed by atoms with Crippen LogP contribution in [0.4, 0.5) is 0 Å². The number of hydrogen-bond donors (Lipinski definition) is 0. The summed E-state index contributed by atoms with van der Waals surface area (Å²) in [6.07, 6.45) is 4.48. The fourth-order valence-corrected chi connectivity index (χ4v) is 4.16. The number of aromatic nitrogens is 1. The second-order valence-electron chi connectivity index (χ2n) is 7.10. The van der Waals surface area contributed by atoms with Gasteiger partial charge >= 0.3 is 0 Å². The van der Waals surface area contributed by atoms with Crippen LogP contribution in [-0.4, -0.2) is 21.4 Å². The highest BCUT2D eigenvalue weighted by atomic mass is 32.2. The van der Waals surface area contributed by atoms with Crippen molar-refractivity contribution in [1.29, 1.82) is 0 Å². The second-order valence-corrected chi connectivity index (χ2v) is 9.36. The van der Waals surface area contributed by atoms with E-state index < -0.39 is 15.6 Å². The molecule has 0 bridgehead atoms. The zero-order valence-corrected chi connectivity index (χ0v) is 17.7. The van der Waals surface area contributed by atoms with Gasteiger partial charge in [0.05, 0.1) is 15.3 Å². The normalized spacial score (nSPS) is 12.4. The van der Waals surface area contributed by atoms with E-state index in [1.54, 1.807) is 24.4 Å². The van der Waals surface area contributed by atoms with Crippen LogP contribution in [0, 0.1) is 32.6 Å². The zero-order valence-electron chi connectivity index (χ0n) is 16.9. The molecule has 1 atom stereocenters. The quantitative estimate of drug-likeness (QED) is 0.584. The summed E-state index contributed by atoms with van der Waals surface area (Å²) in [5.74, 6) is 5.49. The number of pyridine rings is 1. The van der Waals surface area contributed by atoms with Crippen molar-refractivity contribution in [2.45, 2.75) is 25.7 Å². The summed E-state index contributed by atoms with van der Waals surface area (Å²) in [7, 11) is -2.86. The molecule has 0 aliphatic rings. The molecule has 1 heterocycles. The smallest absolute Gasteiger partial charge is 0.266 e. The summed E-state index contributed by atoms with van der Waals surface area (Å²) >= 11 is 0. The summed E-state index contributed by atoms with van der Waals surface area (Å²) in [5.41, 5.74) is 4.86. The first kappa shape index (κ1) is 20.5. The maximum Gasteiger partial charge on any atom is 0.286 e. The first-order chi connectivity index (χ1) is 13.7. The highest BCUT2D eigenvalue weighted by Gasteiger charge is 2.13. The molecule has 29 heavy (non-hydrogen) atoms. The van der Waals surface area contributed by atoms with Crippen LogP contribution < -0.4 is 0 Å². The molecule has 1 amide bonds. The molecule has 5 heteroatoms. The van der Waals surface area contributed by atoms with Gasteiger partial charge in [-0.15, -0.1) is 0 Å². The first-order valence-electron chi connectivity index (χ1n) is 9.11. The third-order valence-corrected chi connectivity index (χ3v) is 5.90. The van der Waals surface area contributed by atoms with Crippen LogP contribution in [0.15, 0.2) is 70.2 Å². The van der Waals surface area contributed by atoms with Crippen LogP contribution in [0.3, 0.4) is 0 Å². The van der Waals surface area contributed by atoms with E-state index in [9.17, 15) is 9.00 Å². The fraction of sp³-hybridized carbons (Fsp3) is 0.167. The minimum atomic E-state index is -2.86. The van der Waals surface area contributed by atoms with Gasteiger partial charge in [0.25, 0.3) is 5.91 Å². The standard InChI is InChI=1S/C24H22N2O2S/c1-17-5-7-20(8-6-17)9-10-21-14-22(16-25-15-21)24(27)26-29(4,28)23-12-18(2)11-19(3)13-23/h5-8,11-16H,1-4H3. The lowest BCUT2D eigenvalue weighted by Gasteiger charge is -2.07. The largest absolute Gasteiger partial charge is 0.286 e. The van der Waals surface area contributed by atoms with Crippen LogP contribution in [0.25, 0.3) is 0 Å². The molecule has 146 valence electrons. The highest BCUT2D eigenvalue weighted by molar-refractivity contribution is 7.93. The van der Waals surface area contributed by atoms with Gasteiger partial charge in [-0.2, -0.15) is 4.36 Å². The lowest BCUT2D eigenvalue weighted by atomic mass is 10.1. The number of nitrogens with zero attached hydrogens (tertiary/aromatic N) is 2. The molecule has 0 spiro atoms. The minimum absolute atomic E-state index is 0.264. The molecule has 0 radical (unpaired) electrons. The molecule has 0 aliphatic carbocycles. The topological polar surface area (TPSA) is 59.4 Å². The van der Waals surface area contributed by atoms with E-state index in [1.165, 1.54) is 18.0 Å². The van der Waals surface area contributed by atoms with Crippen molar-refractivity contribution in [3.63, 3.8) is 0 Å². The monoisotopic (exact) mass is 402 g/mol. The lowest BCUT2D eigenvalue weighted by molar-refractivity contribution is 0.100. The third kappa shape index (κ3) is 5.40. The number of carbonyl (C=O) groups is 1. The highest BCUT2D eigenvalue weighted by Crippen LogP contribution is 2.17. The molecule has 0 saturated heterocycles. The van der Waals surface area contributed by atoms with E-state index in [4.69, 9.17) is 0 Å². The molecule has 0 N–H and O–H groups in total. The molecular formula is C24H22N2O2S. The van der Waals surface area contributed by atoms with Gasteiger partial charge in [0.2, 0.25) is 0 Å². The van der Waals surface area contributed by atoms with Crippen molar-refractivity contribution in [2.24, 2.45) is 4.36 Å². The molecular weight excluding hydrogens is 380 g/mol. The Morgan fingerprint density at radius 2 is 1.48 bits per heavy atom.